The van der Waals surface area contributed by atoms with Crippen molar-refractivity contribution in [2.75, 3.05) is 50.5 Å². The van der Waals surface area contributed by atoms with Gasteiger partial charge < -0.3 is 30.3 Å². The number of carbonyl (C=O) groups excluding carboxylic acids is 2. The summed E-state index contributed by atoms with van der Waals surface area (Å²) in [6, 6.07) is 11.4. The molecule has 2 amide bonds. The zero-order valence-corrected chi connectivity index (χ0v) is 22.9. The van der Waals surface area contributed by atoms with Gasteiger partial charge in [-0.3, -0.25) is 15.0 Å². The van der Waals surface area contributed by atoms with Crippen LogP contribution in [0.5, 0.6) is 0 Å². The van der Waals surface area contributed by atoms with Crippen LogP contribution in [-0.2, 0) is 4.79 Å². The number of aromatic amines is 1. The van der Waals surface area contributed by atoms with E-state index in [4.69, 9.17) is 5.41 Å². The number of carbonyl (C=O) groups is 2. The highest BCUT2D eigenvalue weighted by Crippen LogP contribution is 2.24. The molecule has 10 heteroatoms. The Morgan fingerprint density at radius 3 is 2.39 bits per heavy atom. The number of aromatic nitrogens is 1. The van der Waals surface area contributed by atoms with Gasteiger partial charge >= 0.3 is 0 Å². The number of nitrogens with one attached hydrogen (secondary N) is 4. The zero-order chi connectivity index (χ0) is 27.3. The first-order chi connectivity index (χ1) is 18.1. The maximum absolute atomic E-state index is 13.0. The molecule has 2 aliphatic rings. The number of amides is 2. The third-order valence-corrected chi connectivity index (χ3v) is 7.67. The summed E-state index contributed by atoms with van der Waals surface area (Å²) in [7, 11) is 4.00. The molecule has 0 saturated carbocycles. The van der Waals surface area contributed by atoms with Crippen molar-refractivity contribution >= 4 is 29.1 Å². The number of likely N-dealkylation sites (tertiary alicyclic amines) is 1. The highest BCUT2D eigenvalue weighted by molar-refractivity contribution is 5.96. The summed E-state index contributed by atoms with van der Waals surface area (Å²) in [5, 5.41) is 14.5. The molecule has 4 rings (SSSR count). The Morgan fingerprint density at radius 2 is 1.76 bits per heavy atom. The van der Waals surface area contributed by atoms with Crippen LogP contribution in [0.4, 0.5) is 11.4 Å². The van der Waals surface area contributed by atoms with Crippen LogP contribution in [0.15, 0.2) is 47.6 Å². The number of pyridine rings is 1. The Balaban J connectivity index is 1.39. The molecule has 0 atom stereocenters. The SMILES string of the molecule is CC(=O)NC1(C)CCN(c2ccc[nH]/c2=N\C(=N)Nc2ccc(C(=O)N(C)C3CCN(C)CC3)cc2)CC1. The monoisotopic (exact) mass is 520 g/mol. The lowest BCUT2D eigenvalue weighted by molar-refractivity contribution is -0.120. The molecule has 0 aliphatic carbocycles. The number of piperidine rings is 2. The normalized spacial score (nSPS) is 18.6. The van der Waals surface area contributed by atoms with Crippen LogP contribution in [0.2, 0.25) is 0 Å². The van der Waals surface area contributed by atoms with Crippen molar-refractivity contribution in [1.29, 1.82) is 5.41 Å². The second kappa shape index (κ2) is 11.8. The van der Waals surface area contributed by atoms with E-state index in [9.17, 15) is 9.59 Å². The largest absolute Gasteiger partial charge is 0.368 e. The number of hydrogen-bond acceptors (Lipinski definition) is 5. The summed E-state index contributed by atoms with van der Waals surface area (Å²) in [5.41, 5.74) is 2.64. The third-order valence-electron chi connectivity index (χ3n) is 7.67. The molecule has 0 bridgehead atoms. The molecule has 4 N–H and O–H groups in total. The van der Waals surface area contributed by atoms with E-state index in [1.165, 1.54) is 0 Å². The molecule has 2 saturated heterocycles. The van der Waals surface area contributed by atoms with Crippen molar-refractivity contribution in [3.63, 3.8) is 0 Å². The van der Waals surface area contributed by atoms with E-state index in [0.717, 1.165) is 57.5 Å². The Morgan fingerprint density at radius 1 is 1.11 bits per heavy atom. The molecule has 0 radical (unpaired) electrons. The number of nitrogens with zero attached hydrogens (tertiary/aromatic N) is 4. The molecule has 2 aliphatic heterocycles. The molecule has 2 aromatic rings. The van der Waals surface area contributed by atoms with Gasteiger partial charge in [0.2, 0.25) is 11.9 Å². The topological polar surface area (TPSA) is 120 Å². The van der Waals surface area contributed by atoms with Gasteiger partial charge in [-0.2, -0.15) is 4.99 Å². The van der Waals surface area contributed by atoms with Crippen molar-refractivity contribution < 1.29 is 9.59 Å². The average molecular weight is 521 g/mol. The van der Waals surface area contributed by atoms with Gasteiger partial charge in [0.1, 0.15) is 0 Å². The van der Waals surface area contributed by atoms with E-state index >= 15 is 0 Å². The Hall–Kier alpha value is -3.66. The van der Waals surface area contributed by atoms with Crippen LogP contribution in [0, 0.1) is 5.41 Å². The molecule has 0 unspecified atom stereocenters. The predicted molar refractivity (Wildman–Crippen MR) is 150 cm³/mol. The van der Waals surface area contributed by atoms with E-state index in [0.29, 0.717) is 16.7 Å². The van der Waals surface area contributed by atoms with E-state index in [1.807, 2.05) is 36.2 Å². The molecular formula is C28H40N8O2. The fourth-order valence-corrected chi connectivity index (χ4v) is 5.28. The molecule has 38 heavy (non-hydrogen) atoms. The molecule has 204 valence electrons. The van der Waals surface area contributed by atoms with E-state index in [-0.39, 0.29) is 29.4 Å². The smallest absolute Gasteiger partial charge is 0.253 e. The summed E-state index contributed by atoms with van der Waals surface area (Å²) >= 11 is 0. The van der Waals surface area contributed by atoms with E-state index in [2.05, 4.69) is 44.4 Å². The summed E-state index contributed by atoms with van der Waals surface area (Å²) < 4.78 is 0. The first-order valence-electron chi connectivity index (χ1n) is 13.3. The standard InChI is InChI=1S/C28H40N8O2/c1-20(37)33-28(2)13-18-36(19-14-28)24-6-5-15-30-25(24)32-27(29)31-22-9-7-21(8-10-22)26(38)35(4)23-11-16-34(3)17-12-23/h5-10,15,23H,11-14,16-19H2,1-4H3,(H,33,37)(H3,29,30,31,32). The Labute approximate surface area is 224 Å². The highest BCUT2D eigenvalue weighted by Gasteiger charge is 2.31. The molecule has 10 nitrogen and oxygen atoms in total. The minimum Gasteiger partial charge on any atom is -0.368 e. The van der Waals surface area contributed by atoms with Crippen molar-refractivity contribution in [3.8, 4) is 0 Å². The lowest BCUT2D eigenvalue weighted by Crippen LogP contribution is -2.53. The van der Waals surface area contributed by atoms with Crippen LogP contribution < -0.4 is 21.0 Å². The first kappa shape index (κ1) is 27.4. The number of hydrogen-bond donors (Lipinski definition) is 4. The highest BCUT2D eigenvalue weighted by atomic mass is 16.2. The number of guanidine groups is 1. The Kier molecular flexibility index (Phi) is 8.51. The van der Waals surface area contributed by atoms with Gasteiger partial charge in [0.15, 0.2) is 5.49 Å². The van der Waals surface area contributed by atoms with E-state index < -0.39 is 0 Å². The van der Waals surface area contributed by atoms with Crippen molar-refractivity contribution in [2.45, 2.75) is 51.1 Å². The minimum absolute atomic E-state index is 0.00341. The molecule has 1 aromatic heterocycles. The van der Waals surface area contributed by atoms with Crippen LogP contribution in [0.1, 0.15) is 49.9 Å². The van der Waals surface area contributed by atoms with Crippen LogP contribution >= 0.6 is 0 Å². The summed E-state index contributed by atoms with van der Waals surface area (Å²) in [5.74, 6) is 0.00715. The summed E-state index contributed by atoms with van der Waals surface area (Å²) in [6.45, 7) is 7.20. The molecule has 2 fully saturated rings. The average Bonchev–Trinajstić information content (AvgIpc) is 2.89. The third kappa shape index (κ3) is 6.80. The van der Waals surface area contributed by atoms with Crippen LogP contribution in [0.3, 0.4) is 0 Å². The quantitative estimate of drug-likeness (QED) is 0.357. The predicted octanol–water partition coefficient (Wildman–Crippen LogP) is 2.62. The summed E-state index contributed by atoms with van der Waals surface area (Å²) in [6.07, 6.45) is 5.43. The number of rotatable bonds is 5. The van der Waals surface area contributed by atoms with Gasteiger partial charge in [-0.15, -0.1) is 0 Å². The zero-order valence-electron chi connectivity index (χ0n) is 22.9. The second-order valence-corrected chi connectivity index (χ2v) is 10.7. The van der Waals surface area contributed by atoms with Crippen LogP contribution in [-0.4, -0.2) is 84.4 Å². The number of anilines is 2. The lowest BCUT2D eigenvalue weighted by atomic mass is 9.89. The van der Waals surface area contributed by atoms with Gasteiger partial charge in [0.25, 0.3) is 5.91 Å². The van der Waals surface area contributed by atoms with Gasteiger partial charge in [-0.25, -0.2) is 0 Å². The maximum atomic E-state index is 13.0. The molecular weight excluding hydrogens is 480 g/mol. The van der Waals surface area contributed by atoms with Gasteiger partial charge in [-0.1, -0.05) is 0 Å². The van der Waals surface area contributed by atoms with Gasteiger partial charge in [-0.05, 0) is 89.1 Å². The maximum Gasteiger partial charge on any atom is 0.253 e. The Bertz CT molecular complexity index is 1210. The van der Waals surface area contributed by atoms with Gasteiger partial charge in [0.05, 0.1) is 5.69 Å². The fourth-order valence-electron chi connectivity index (χ4n) is 5.28. The van der Waals surface area contributed by atoms with Crippen molar-refractivity contribution in [2.24, 2.45) is 4.99 Å². The number of H-pyrrole nitrogens is 1. The van der Waals surface area contributed by atoms with Gasteiger partial charge in [0, 0.05) is 56.1 Å². The first-order valence-corrected chi connectivity index (χ1v) is 13.3. The van der Waals surface area contributed by atoms with Crippen molar-refractivity contribution in [1.82, 2.24) is 20.1 Å². The van der Waals surface area contributed by atoms with Crippen molar-refractivity contribution in [3.05, 3.63) is 53.6 Å². The fraction of sp³-hybridized carbons (Fsp3) is 0.500. The lowest BCUT2D eigenvalue weighted by Gasteiger charge is -2.40. The second-order valence-electron chi connectivity index (χ2n) is 10.7. The minimum atomic E-state index is -0.206. The summed E-state index contributed by atoms with van der Waals surface area (Å²) in [4.78, 5) is 38.6. The molecule has 1 aromatic carbocycles. The molecule has 0 spiro atoms. The van der Waals surface area contributed by atoms with E-state index in [1.54, 1.807) is 25.3 Å². The van der Waals surface area contributed by atoms with Crippen LogP contribution in [0.25, 0.3) is 0 Å². The number of benzene rings is 1. The molecule has 3 heterocycles.